The number of halogens is 4. The van der Waals surface area contributed by atoms with Crippen molar-refractivity contribution >= 4 is 17.2 Å². The molecule has 3 rings (SSSR count). The molecule has 146 valence electrons. The minimum Gasteiger partial charge on any atom is -0.511 e. The number of Topliss-reactive ketones (excluding diaryl/α,β-unsaturated/α-hetero) is 1. The van der Waals surface area contributed by atoms with Gasteiger partial charge in [0.15, 0.2) is 11.1 Å². The van der Waals surface area contributed by atoms with Gasteiger partial charge in [0.2, 0.25) is 0 Å². The highest BCUT2D eigenvalue weighted by Gasteiger charge is 2.34. The Balaban J connectivity index is 2.26. The third-order valence-corrected chi connectivity index (χ3v) is 4.08. The van der Waals surface area contributed by atoms with Crippen molar-refractivity contribution in [3.05, 3.63) is 57.4 Å². The fourth-order valence-corrected chi connectivity index (χ4v) is 2.75. The lowest BCUT2D eigenvalue weighted by Crippen LogP contribution is -2.30. The van der Waals surface area contributed by atoms with Crippen molar-refractivity contribution in [2.45, 2.75) is 25.9 Å². The van der Waals surface area contributed by atoms with Gasteiger partial charge in [0.05, 0.1) is 11.3 Å². The molecule has 28 heavy (non-hydrogen) atoms. The predicted octanol–water partition coefficient (Wildman–Crippen LogP) is 2.67. The zero-order valence-electron chi connectivity index (χ0n) is 14.4. The number of alkyl halides is 3. The second-order valence-corrected chi connectivity index (χ2v) is 6.11. The highest BCUT2D eigenvalue weighted by Crippen LogP contribution is 2.34. The summed E-state index contributed by atoms with van der Waals surface area (Å²) in [7, 11) is 0. The van der Waals surface area contributed by atoms with E-state index >= 15 is 0 Å². The quantitative estimate of drug-likeness (QED) is 0.687. The van der Waals surface area contributed by atoms with Crippen LogP contribution in [-0.4, -0.2) is 25.5 Å². The molecule has 0 aliphatic heterocycles. The predicted molar refractivity (Wildman–Crippen MR) is 90.8 cm³/mol. The van der Waals surface area contributed by atoms with Crippen molar-refractivity contribution in [3.63, 3.8) is 0 Å². The molecule has 6 nitrogen and oxygen atoms in total. The normalized spacial score (nSPS) is 13.0. The molecule has 0 spiro atoms. The number of ketones is 1. The number of aromatic nitrogens is 3. The molecule has 0 atom stereocenters. The molecule has 0 aliphatic carbocycles. The Hall–Kier alpha value is -3.30. The fraction of sp³-hybridized carbons (Fsp3) is 0.222. The van der Waals surface area contributed by atoms with E-state index in [1.165, 1.54) is 6.92 Å². The second-order valence-electron chi connectivity index (χ2n) is 6.11. The van der Waals surface area contributed by atoms with Crippen LogP contribution in [-0.2, 0) is 11.0 Å². The van der Waals surface area contributed by atoms with E-state index < -0.39 is 23.0 Å². The third-order valence-electron chi connectivity index (χ3n) is 4.08. The Bertz CT molecular complexity index is 1190. The summed E-state index contributed by atoms with van der Waals surface area (Å²) in [6.45, 7) is 1.33. The first-order chi connectivity index (χ1) is 13.1. The highest BCUT2D eigenvalue weighted by molar-refractivity contribution is 5.76. The minimum absolute atomic E-state index is 0.000225. The Labute approximate surface area is 154 Å². The monoisotopic (exact) mass is 395 g/mol. The number of benzene rings is 1. The van der Waals surface area contributed by atoms with Crippen LogP contribution in [0.25, 0.3) is 22.7 Å². The summed E-state index contributed by atoms with van der Waals surface area (Å²) in [6, 6.07) is 3.29. The van der Waals surface area contributed by atoms with Crippen LogP contribution >= 0.6 is 0 Å². The van der Waals surface area contributed by atoms with Crippen molar-refractivity contribution in [2.75, 3.05) is 0 Å². The molecular weight excluding hydrogens is 382 g/mol. The number of aliphatic hydroxyl groups excluding tert-OH is 1. The summed E-state index contributed by atoms with van der Waals surface area (Å²) in [5, 5.41) is 13.9. The zero-order valence-corrected chi connectivity index (χ0v) is 14.4. The van der Waals surface area contributed by atoms with Crippen molar-refractivity contribution in [2.24, 2.45) is 0 Å². The number of rotatable bonds is 4. The lowest BCUT2D eigenvalue weighted by molar-refractivity contribution is -0.140. The number of carbonyl (C=O) groups is 1. The molecular formula is C18H13F4N3O3. The van der Waals surface area contributed by atoms with Crippen LogP contribution in [0.4, 0.5) is 17.6 Å². The van der Waals surface area contributed by atoms with Crippen LogP contribution in [0.5, 0.6) is 0 Å². The van der Waals surface area contributed by atoms with Gasteiger partial charge in [0.1, 0.15) is 28.9 Å². The van der Waals surface area contributed by atoms with E-state index in [-0.39, 0.29) is 46.5 Å². The first-order valence-corrected chi connectivity index (χ1v) is 8.05. The topological polar surface area (TPSA) is 84.6 Å². The molecule has 0 unspecified atom stereocenters. The lowest BCUT2D eigenvalue weighted by Gasteiger charge is -2.11. The van der Waals surface area contributed by atoms with E-state index in [4.69, 9.17) is 0 Å². The van der Waals surface area contributed by atoms with E-state index in [2.05, 4.69) is 10.1 Å². The molecule has 3 aromatic rings. The molecule has 0 saturated heterocycles. The Morgan fingerprint density at radius 2 is 1.93 bits per heavy atom. The Morgan fingerprint density at radius 3 is 2.57 bits per heavy atom. The van der Waals surface area contributed by atoms with Crippen LogP contribution in [0.15, 0.2) is 35.4 Å². The summed E-state index contributed by atoms with van der Waals surface area (Å²) in [4.78, 5) is 27.5. The van der Waals surface area contributed by atoms with Gasteiger partial charge in [-0.3, -0.25) is 4.79 Å². The maximum Gasteiger partial charge on any atom is 0.419 e. The van der Waals surface area contributed by atoms with Gasteiger partial charge in [-0.2, -0.15) is 18.3 Å². The molecule has 1 aromatic carbocycles. The van der Waals surface area contributed by atoms with Gasteiger partial charge in [-0.25, -0.2) is 13.9 Å². The molecule has 0 amide bonds. The van der Waals surface area contributed by atoms with Crippen molar-refractivity contribution in [1.82, 2.24) is 14.6 Å². The first kappa shape index (κ1) is 19.5. The summed E-state index contributed by atoms with van der Waals surface area (Å²) < 4.78 is 53.6. The van der Waals surface area contributed by atoms with Crippen LogP contribution in [0, 0.1) is 5.82 Å². The van der Waals surface area contributed by atoms with Gasteiger partial charge in [0.25, 0.3) is 0 Å². The molecule has 1 N–H and O–H groups in total. The SMILES string of the molecule is CC(=O)CC/C(O)=c1\c(=O)cc(-c2ccc(F)c(C(F)(F)F)c2)n2ncnc12. The van der Waals surface area contributed by atoms with Crippen LogP contribution in [0.3, 0.4) is 0 Å². The van der Waals surface area contributed by atoms with Gasteiger partial charge in [0, 0.05) is 24.5 Å². The third kappa shape index (κ3) is 3.57. The van der Waals surface area contributed by atoms with Crippen molar-refractivity contribution < 1.29 is 27.5 Å². The average Bonchev–Trinajstić information content (AvgIpc) is 3.07. The standard InChI is InChI=1S/C18H13F4N3O3/c1-9(26)2-5-14(27)16-15(28)7-13(25-17(16)23-8-24-25)10-3-4-12(19)11(6-10)18(20,21)22/h3-4,6-8,27H,2,5H2,1H3/b16-14-. The second kappa shape index (κ2) is 7.02. The van der Waals surface area contributed by atoms with Crippen LogP contribution in [0.1, 0.15) is 25.3 Å². The number of hydrogen-bond acceptors (Lipinski definition) is 5. The Morgan fingerprint density at radius 1 is 1.21 bits per heavy atom. The summed E-state index contributed by atoms with van der Waals surface area (Å²) in [5.41, 5.74) is -2.43. The Kier molecular flexibility index (Phi) is 4.88. The van der Waals surface area contributed by atoms with Crippen molar-refractivity contribution in [3.8, 4) is 11.3 Å². The molecule has 2 aromatic heterocycles. The number of carbonyl (C=O) groups excluding carboxylic acids is 1. The van der Waals surface area contributed by atoms with Gasteiger partial charge >= 0.3 is 6.18 Å². The molecule has 0 aliphatic rings. The smallest absolute Gasteiger partial charge is 0.419 e. The maximum atomic E-state index is 13.6. The number of fused-ring (bicyclic) bond motifs is 1. The number of nitrogens with zero attached hydrogens (tertiary/aromatic N) is 3. The first-order valence-electron chi connectivity index (χ1n) is 8.05. The fourth-order valence-electron chi connectivity index (χ4n) is 2.75. The van der Waals surface area contributed by atoms with E-state index in [1.807, 2.05) is 0 Å². The molecule has 0 fully saturated rings. The molecule has 0 saturated carbocycles. The molecule has 0 radical (unpaired) electrons. The average molecular weight is 395 g/mol. The molecule has 10 heteroatoms. The largest absolute Gasteiger partial charge is 0.511 e. The molecule has 0 bridgehead atoms. The van der Waals surface area contributed by atoms with Gasteiger partial charge < -0.3 is 9.90 Å². The minimum atomic E-state index is -4.92. The highest BCUT2D eigenvalue weighted by atomic mass is 19.4. The van der Waals surface area contributed by atoms with Crippen LogP contribution in [0.2, 0.25) is 0 Å². The number of aliphatic hydroxyl groups is 1. The number of hydrogen-bond donors (Lipinski definition) is 1. The van der Waals surface area contributed by atoms with E-state index in [9.17, 15) is 32.3 Å². The lowest BCUT2D eigenvalue weighted by atomic mass is 10.1. The summed E-state index contributed by atoms with van der Waals surface area (Å²) >= 11 is 0. The van der Waals surface area contributed by atoms with Gasteiger partial charge in [-0.15, -0.1) is 0 Å². The van der Waals surface area contributed by atoms with Crippen molar-refractivity contribution in [1.29, 1.82) is 0 Å². The molecule has 2 heterocycles. The summed E-state index contributed by atoms with van der Waals surface area (Å²) in [6.07, 6.45) is -3.95. The van der Waals surface area contributed by atoms with E-state index in [1.54, 1.807) is 0 Å². The maximum absolute atomic E-state index is 13.6. The van der Waals surface area contributed by atoms with Gasteiger partial charge in [-0.05, 0) is 25.1 Å². The van der Waals surface area contributed by atoms with Crippen LogP contribution < -0.4 is 10.6 Å². The van der Waals surface area contributed by atoms with E-state index in [0.29, 0.717) is 12.1 Å². The van der Waals surface area contributed by atoms with Gasteiger partial charge in [-0.1, -0.05) is 0 Å². The number of pyridine rings is 1. The zero-order chi connectivity index (χ0) is 20.6. The van der Waals surface area contributed by atoms with E-state index in [0.717, 1.165) is 23.0 Å². The summed E-state index contributed by atoms with van der Waals surface area (Å²) in [5.74, 6) is -2.01.